The zero-order valence-corrected chi connectivity index (χ0v) is 8.36. The molecule has 0 spiro atoms. The number of aromatic nitrogens is 3. The molecule has 1 aromatic heterocycles. The highest BCUT2D eigenvalue weighted by atomic mass is 35.5. The van der Waals surface area contributed by atoms with Gasteiger partial charge >= 0.3 is 0 Å². The summed E-state index contributed by atoms with van der Waals surface area (Å²) in [7, 11) is 1.79. The van der Waals surface area contributed by atoms with Crippen molar-refractivity contribution in [2.45, 2.75) is 0 Å². The van der Waals surface area contributed by atoms with Crippen molar-refractivity contribution in [1.82, 2.24) is 14.8 Å². The van der Waals surface area contributed by atoms with Crippen molar-refractivity contribution >= 4 is 17.3 Å². The molecule has 0 saturated carbocycles. The van der Waals surface area contributed by atoms with Gasteiger partial charge in [0.1, 0.15) is 0 Å². The molecule has 0 aliphatic rings. The summed E-state index contributed by atoms with van der Waals surface area (Å²) in [6.45, 7) is 0. The van der Waals surface area contributed by atoms with Gasteiger partial charge in [-0.25, -0.2) is 4.68 Å². The SMILES string of the molecule is Cn1nc(Cl)nc1-c1cccc(N)c1. The zero-order valence-electron chi connectivity index (χ0n) is 7.61. The van der Waals surface area contributed by atoms with Crippen LogP contribution in [0.25, 0.3) is 11.4 Å². The van der Waals surface area contributed by atoms with Gasteiger partial charge in [0, 0.05) is 18.3 Å². The topological polar surface area (TPSA) is 56.7 Å². The lowest BCUT2D eigenvalue weighted by Gasteiger charge is -2.00. The highest BCUT2D eigenvalue weighted by Crippen LogP contribution is 2.19. The first-order valence-electron chi connectivity index (χ1n) is 4.09. The molecule has 4 nitrogen and oxygen atoms in total. The highest BCUT2D eigenvalue weighted by Gasteiger charge is 2.07. The fourth-order valence-electron chi connectivity index (χ4n) is 1.28. The van der Waals surface area contributed by atoms with E-state index in [1.54, 1.807) is 11.7 Å². The molecule has 0 saturated heterocycles. The zero-order chi connectivity index (χ0) is 10.1. The van der Waals surface area contributed by atoms with Crippen LogP contribution in [-0.4, -0.2) is 14.8 Å². The van der Waals surface area contributed by atoms with E-state index in [9.17, 15) is 0 Å². The molecule has 14 heavy (non-hydrogen) atoms. The number of halogens is 1. The molecular formula is C9H9ClN4. The molecule has 2 rings (SSSR count). The number of rotatable bonds is 1. The number of benzene rings is 1. The van der Waals surface area contributed by atoms with Crippen LogP contribution in [0.2, 0.25) is 5.28 Å². The minimum atomic E-state index is 0.241. The molecule has 0 aliphatic heterocycles. The standard InChI is InChI=1S/C9H9ClN4/c1-14-8(12-9(10)13-14)6-3-2-4-7(11)5-6/h2-5H,11H2,1H3. The summed E-state index contributed by atoms with van der Waals surface area (Å²) in [6, 6.07) is 7.44. The molecule has 5 heteroatoms. The Hall–Kier alpha value is -1.55. The predicted molar refractivity (Wildman–Crippen MR) is 55.9 cm³/mol. The monoisotopic (exact) mass is 208 g/mol. The smallest absolute Gasteiger partial charge is 0.242 e. The van der Waals surface area contributed by atoms with Crippen LogP contribution < -0.4 is 5.73 Å². The maximum absolute atomic E-state index is 5.68. The molecular weight excluding hydrogens is 200 g/mol. The van der Waals surface area contributed by atoms with Crippen molar-refractivity contribution in [3.05, 3.63) is 29.5 Å². The van der Waals surface area contributed by atoms with Crippen molar-refractivity contribution in [3.63, 3.8) is 0 Å². The maximum Gasteiger partial charge on any atom is 0.242 e. The molecule has 0 atom stereocenters. The van der Waals surface area contributed by atoms with E-state index in [2.05, 4.69) is 10.1 Å². The summed E-state index contributed by atoms with van der Waals surface area (Å²) in [5, 5.41) is 4.19. The van der Waals surface area contributed by atoms with Crippen molar-refractivity contribution in [3.8, 4) is 11.4 Å². The van der Waals surface area contributed by atoms with E-state index in [-0.39, 0.29) is 5.28 Å². The van der Waals surface area contributed by atoms with Crippen molar-refractivity contribution in [2.75, 3.05) is 5.73 Å². The van der Waals surface area contributed by atoms with Crippen LogP contribution in [0, 0.1) is 0 Å². The van der Waals surface area contributed by atoms with Gasteiger partial charge < -0.3 is 5.73 Å². The van der Waals surface area contributed by atoms with Crippen molar-refractivity contribution in [2.24, 2.45) is 7.05 Å². The average molecular weight is 209 g/mol. The number of hydrogen-bond donors (Lipinski definition) is 1. The minimum absolute atomic E-state index is 0.241. The molecule has 0 radical (unpaired) electrons. The molecule has 1 aromatic carbocycles. The molecule has 2 aromatic rings. The Balaban J connectivity index is 2.54. The molecule has 0 aliphatic carbocycles. The van der Waals surface area contributed by atoms with Gasteiger partial charge in [0.15, 0.2) is 5.82 Å². The van der Waals surface area contributed by atoms with Crippen molar-refractivity contribution < 1.29 is 0 Å². The Morgan fingerprint density at radius 1 is 1.43 bits per heavy atom. The minimum Gasteiger partial charge on any atom is -0.399 e. The van der Waals surface area contributed by atoms with Gasteiger partial charge in [0.2, 0.25) is 5.28 Å². The quantitative estimate of drug-likeness (QED) is 0.726. The molecule has 2 N–H and O–H groups in total. The van der Waals surface area contributed by atoms with Gasteiger partial charge in [-0.15, -0.1) is 5.10 Å². The Morgan fingerprint density at radius 3 is 2.79 bits per heavy atom. The van der Waals surface area contributed by atoms with Gasteiger partial charge in [-0.05, 0) is 23.7 Å². The summed E-state index contributed by atoms with van der Waals surface area (Å²) < 4.78 is 1.62. The molecule has 0 fully saturated rings. The lowest BCUT2D eigenvalue weighted by molar-refractivity contribution is 0.775. The van der Waals surface area contributed by atoms with E-state index in [4.69, 9.17) is 17.3 Å². The fourth-order valence-corrected chi connectivity index (χ4v) is 1.48. The van der Waals surface area contributed by atoms with E-state index in [0.717, 1.165) is 5.56 Å². The second-order valence-corrected chi connectivity index (χ2v) is 3.29. The van der Waals surface area contributed by atoms with E-state index in [0.29, 0.717) is 11.5 Å². The second kappa shape index (κ2) is 3.31. The van der Waals surface area contributed by atoms with Gasteiger partial charge in [-0.1, -0.05) is 12.1 Å². The lowest BCUT2D eigenvalue weighted by atomic mass is 10.2. The highest BCUT2D eigenvalue weighted by molar-refractivity contribution is 6.28. The predicted octanol–water partition coefficient (Wildman–Crippen LogP) is 1.72. The van der Waals surface area contributed by atoms with Crippen LogP contribution >= 0.6 is 11.6 Å². The number of anilines is 1. The summed E-state index contributed by atoms with van der Waals surface area (Å²) >= 11 is 5.68. The molecule has 0 bridgehead atoms. The number of hydrogen-bond acceptors (Lipinski definition) is 3. The Bertz CT molecular complexity index is 464. The van der Waals surface area contributed by atoms with Gasteiger partial charge in [-0.2, -0.15) is 4.98 Å². The number of nitrogen functional groups attached to an aromatic ring is 1. The van der Waals surface area contributed by atoms with E-state index in [1.165, 1.54) is 0 Å². The average Bonchev–Trinajstić information content (AvgIpc) is 2.45. The Morgan fingerprint density at radius 2 is 2.21 bits per heavy atom. The van der Waals surface area contributed by atoms with Gasteiger partial charge in [0.05, 0.1) is 0 Å². The van der Waals surface area contributed by atoms with Crippen LogP contribution in [-0.2, 0) is 7.05 Å². The summed E-state index contributed by atoms with van der Waals surface area (Å²) in [6.07, 6.45) is 0. The molecule has 1 heterocycles. The summed E-state index contributed by atoms with van der Waals surface area (Å²) in [5.74, 6) is 0.710. The molecule has 0 amide bonds. The van der Waals surface area contributed by atoms with Crippen molar-refractivity contribution in [1.29, 1.82) is 0 Å². The fraction of sp³-hybridized carbons (Fsp3) is 0.111. The first kappa shape index (κ1) is 9.02. The van der Waals surface area contributed by atoms with Crippen LogP contribution in [0.5, 0.6) is 0 Å². The van der Waals surface area contributed by atoms with Crippen LogP contribution in [0.4, 0.5) is 5.69 Å². The number of nitrogens with zero attached hydrogens (tertiary/aromatic N) is 3. The van der Waals surface area contributed by atoms with E-state index < -0.39 is 0 Å². The maximum atomic E-state index is 5.68. The van der Waals surface area contributed by atoms with E-state index in [1.807, 2.05) is 24.3 Å². The molecule has 72 valence electrons. The lowest BCUT2D eigenvalue weighted by Crippen LogP contribution is -1.95. The van der Waals surface area contributed by atoms with Crippen LogP contribution in [0.3, 0.4) is 0 Å². The number of aryl methyl sites for hydroxylation is 1. The largest absolute Gasteiger partial charge is 0.399 e. The Labute approximate surface area is 86.3 Å². The first-order chi connectivity index (χ1) is 6.66. The number of nitrogens with two attached hydrogens (primary N) is 1. The first-order valence-corrected chi connectivity index (χ1v) is 4.47. The van der Waals surface area contributed by atoms with Crippen LogP contribution in [0.1, 0.15) is 0 Å². The van der Waals surface area contributed by atoms with E-state index >= 15 is 0 Å². The Kier molecular flexibility index (Phi) is 2.13. The third-order valence-electron chi connectivity index (χ3n) is 1.88. The summed E-state index contributed by atoms with van der Waals surface area (Å²) in [5.41, 5.74) is 7.27. The van der Waals surface area contributed by atoms with Gasteiger partial charge in [-0.3, -0.25) is 0 Å². The third kappa shape index (κ3) is 1.56. The molecule has 0 unspecified atom stereocenters. The third-order valence-corrected chi connectivity index (χ3v) is 2.04. The van der Waals surface area contributed by atoms with Crippen LogP contribution in [0.15, 0.2) is 24.3 Å². The van der Waals surface area contributed by atoms with Gasteiger partial charge in [0.25, 0.3) is 0 Å². The summed E-state index contributed by atoms with van der Waals surface area (Å²) in [4.78, 5) is 4.08. The normalized spacial score (nSPS) is 10.4. The second-order valence-electron chi connectivity index (χ2n) is 2.95.